The van der Waals surface area contributed by atoms with Crippen LogP contribution in [0.5, 0.6) is 0 Å². The molecule has 19 heavy (non-hydrogen) atoms. The summed E-state index contributed by atoms with van der Waals surface area (Å²) in [4.78, 5) is 14.3. The third kappa shape index (κ3) is 2.92. The molecule has 1 aromatic carbocycles. The van der Waals surface area contributed by atoms with E-state index in [-0.39, 0.29) is 17.8 Å². The lowest BCUT2D eigenvalue weighted by atomic mass is 10.1. The molecule has 1 saturated heterocycles. The monoisotopic (exact) mass is 280 g/mol. The second-order valence-electron chi connectivity index (χ2n) is 5.06. The van der Waals surface area contributed by atoms with Gasteiger partial charge in [0.2, 0.25) is 5.91 Å². The summed E-state index contributed by atoms with van der Waals surface area (Å²) in [6, 6.07) is 6.91. The van der Waals surface area contributed by atoms with Crippen molar-refractivity contribution in [3.05, 3.63) is 35.6 Å². The van der Waals surface area contributed by atoms with E-state index in [0.29, 0.717) is 18.2 Å². The summed E-state index contributed by atoms with van der Waals surface area (Å²) in [5, 5.41) is 3.20. The molecule has 0 radical (unpaired) electrons. The van der Waals surface area contributed by atoms with Crippen LogP contribution in [0, 0.1) is 5.82 Å². The quantitative estimate of drug-likeness (QED) is 0.915. The number of nitrogens with zero attached hydrogens (tertiary/aromatic N) is 1. The minimum Gasteiger partial charge on any atom is -0.334 e. The maximum Gasteiger partial charge on any atom is 0.241 e. The van der Waals surface area contributed by atoms with Crippen molar-refractivity contribution >= 4 is 17.7 Å². The molecule has 3 nitrogen and oxygen atoms in total. The Bertz CT molecular complexity index is 472. The van der Waals surface area contributed by atoms with E-state index in [1.165, 1.54) is 6.07 Å². The Morgan fingerprint density at radius 2 is 2.21 bits per heavy atom. The second-order valence-corrected chi connectivity index (χ2v) is 6.09. The van der Waals surface area contributed by atoms with E-state index >= 15 is 0 Å². The third-order valence-corrected chi connectivity index (χ3v) is 4.52. The standard InChI is InChI=1S/C14H17FN2OS/c15-12-4-2-1-3-10(12)7-17(11-5-6-11)14(18)13-8-19-9-16-13/h1-4,11,13,16H,5-9H2. The van der Waals surface area contributed by atoms with Gasteiger partial charge in [-0.3, -0.25) is 10.1 Å². The highest BCUT2D eigenvalue weighted by Crippen LogP contribution is 2.30. The first kappa shape index (κ1) is 12.9. The first-order valence-corrected chi connectivity index (χ1v) is 7.76. The van der Waals surface area contributed by atoms with Crippen molar-refractivity contribution in [2.45, 2.75) is 31.5 Å². The van der Waals surface area contributed by atoms with Crippen LogP contribution in [0.25, 0.3) is 0 Å². The number of hydrogen-bond donors (Lipinski definition) is 1. The van der Waals surface area contributed by atoms with E-state index in [2.05, 4.69) is 5.32 Å². The number of benzene rings is 1. The molecule has 1 aliphatic carbocycles. The average molecular weight is 280 g/mol. The van der Waals surface area contributed by atoms with Gasteiger partial charge in [0.1, 0.15) is 5.82 Å². The number of nitrogens with one attached hydrogen (secondary N) is 1. The Morgan fingerprint density at radius 1 is 1.42 bits per heavy atom. The van der Waals surface area contributed by atoms with Crippen LogP contribution in [0.2, 0.25) is 0 Å². The Labute approximate surface area is 116 Å². The minimum absolute atomic E-state index is 0.0997. The topological polar surface area (TPSA) is 32.3 Å². The van der Waals surface area contributed by atoms with E-state index in [1.807, 2.05) is 11.0 Å². The van der Waals surface area contributed by atoms with Crippen LogP contribution in [0.15, 0.2) is 24.3 Å². The van der Waals surface area contributed by atoms with Crippen LogP contribution >= 0.6 is 11.8 Å². The molecule has 0 spiro atoms. The molecule has 1 amide bonds. The van der Waals surface area contributed by atoms with E-state index in [9.17, 15) is 9.18 Å². The first-order chi connectivity index (χ1) is 9.25. The summed E-state index contributed by atoms with van der Waals surface area (Å²) in [6.45, 7) is 0.388. The SMILES string of the molecule is O=C(C1CSCN1)N(Cc1ccccc1F)C1CC1. The Hall–Kier alpha value is -1.07. The normalized spacial score (nSPS) is 22.5. The molecule has 1 N–H and O–H groups in total. The van der Waals surface area contributed by atoms with Crippen LogP contribution in [0.1, 0.15) is 18.4 Å². The Kier molecular flexibility index (Phi) is 3.75. The van der Waals surface area contributed by atoms with E-state index < -0.39 is 0 Å². The molecular formula is C14H17FN2OS. The summed E-state index contributed by atoms with van der Waals surface area (Å²) in [7, 11) is 0. The minimum atomic E-state index is -0.227. The van der Waals surface area contributed by atoms with Crippen molar-refractivity contribution in [3.63, 3.8) is 0 Å². The largest absolute Gasteiger partial charge is 0.334 e. The highest BCUT2D eigenvalue weighted by atomic mass is 32.2. The van der Waals surface area contributed by atoms with Crippen molar-refractivity contribution < 1.29 is 9.18 Å². The van der Waals surface area contributed by atoms with Crippen molar-refractivity contribution in [3.8, 4) is 0 Å². The van der Waals surface area contributed by atoms with Gasteiger partial charge in [-0.15, -0.1) is 11.8 Å². The fourth-order valence-corrected chi connectivity index (χ4v) is 3.27. The Morgan fingerprint density at radius 3 is 2.84 bits per heavy atom. The molecule has 1 saturated carbocycles. The van der Waals surface area contributed by atoms with Crippen LogP contribution < -0.4 is 5.32 Å². The first-order valence-electron chi connectivity index (χ1n) is 6.61. The molecule has 5 heteroatoms. The molecule has 2 aliphatic rings. The molecule has 0 bridgehead atoms. The fraction of sp³-hybridized carbons (Fsp3) is 0.500. The zero-order chi connectivity index (χ0) is 13.2. The predicted octanol–water partition coefficient (Wildman–Crippen LogP) is 1.98. The number of rotatable bonds is 4. The molecule has 1 heterocycles. The van der Waals surface area contributed by atoms with Gasteiger partial charge in [-0.25, -0.2) is 4.39 Å². The molecule has 1 aliphatic heterocycles. The summed E-state index contributed by atoms with van der Waals surface area (Å²) in [5.74, 6) is 1.54. The molecule has 0 aromatic heterocycles. The van der Waals surface area contributed by atoms with Gasteiger partial charge in [-0.1, -0.05) is 18.2 Å². The summed E-state index contributed by atoms with van der Waals surface area (Å²) in [5.41, 5.74) is 0.605. The molecular weight excluding hydrogens is 263 g/mol. The molecule has 3 rings (SSSR count). The highest BCUT2D eigenvalue weighted by molar-refractivity contribution is 7.99. The van der Waals surface area contributed by atoms with E-state index in [4.69, 9.17) is 0 Å². The number of hydrogen-bond acceptors (Lipinski definition) is 3. The number of amides is 1. The maximum atomic E-state index is 13.7. The van der Waals surface area contributed by atoms with E-state index in [1.54, 1.807) is 23.9 Å². The van der Waals surface area contributed by atoms with Crippen LogP contribution in [0.3, 0.4) is 0 Å². The van der Waals surface area contributed by atoms with Gasteiger partial charge in [-0.2, -0.15) is 0 Å². The lowest BCUT2D eigenvalue weighted by Crippen LogP contribution is -2.45. The van der Waals surface area contributed by atoms with Crippen molar-refractivity contribution in [1.82, 2.24) is 10.2 Å². The zero-order valence-corrected chi connectivity index (χ0v) is 11.5. The van der Waals surface area contributed by atoms with E-state index in [0.717, 1.165) is 24.5 Å². The van der Waals surface area contributed by atoms with Gasteiger partial charge in [0.25, 0.3) is 0 Å². The second kappa shape index (κ2) is 5.51. The zero-order valence-electron chi connectivity index (χ0n) is 10.6. The molecule has 102 valence electrons. The van der Waals surface area contributed by atoms with Gasteiger partial charge in [0, 0.05) is 29.8 Å². The van der Waals surface area contributed by atoms with Crippen LogP contribution in [-0.2, 0) is 11.3 Å². The molecule has 2 fully saturated rings. The highest BCUT2D eigenvalue weighted by Gasteiger charge is 2.37. The van der Waals surface area contributed by atoms with Crippen molar-refractivity contribution in [2.24, 2.45) is 0 Å². The predicted molar refractivity (Wildman–Crippen MR) is 74.2 cm³/mol. The lowest BCUT2D eigenvalue weighted by Gasteiger charge is -2.25. The number of carbonyl (C=O) groups is 1. The van der Waals surface area contributed by atoms with Crippen LogP contribution in [-0.4, -0.2) is 34.5 Å². The van der Waals surface area contributed by atoms with Crippen LogP contribution in [0.4, 0.5) is 4.39 Å². The Balaban J connectivity index is 1.74. The maximum absolute atomic E-state index is 13.7. The summed E-state index contributed by atoms with van der Waals surface area (Å²) in [6.07, 6.45) is 2.08. The van der Waals surface area contributed by atoms with Crippen molar-refractivity contribution in [2.75, 3.05) is 11.6 Å². The number of carbonyl (C=O) groups excluding carboxylic acids is 1. The number of thioether (sulfide) groups is 1. The summed E-state index contributed by atoms with van der Waals surface area (Å²) < 4.78 is 13.7. The molecule has 1 atom stereocenters. The van der Waals surface area contributed by atoms with Crippen molar-refractivity contribution in [1.29, 1.82) is 0 Å². The number of halogens is 1. The van der Waals surface area contributed by atoms with Gasteiger partial charge in [-0.05, 0) is 18.9 Å². The smallest absolute Gasteiger partial charge is 0.241 e. The lowest BCUT2D eigenvalue weighted by molar-refractivity contribution is -0.133. The fourth-order valence-electron chi connectivity index (χ4n) is 2.34. The van der Waals surface area contributed by atoms with Gasteiger partial charge in [0.15, 0.2) is 0 Å². The average Bonchev–Trinajstić information content (AvgIpc) is 3.11. The molecule has 1 unspecified atom stereocenters. The molecule has 1 aromatic rings. The van der Waals surface area contributed by atoms with Gasteiger partial charge >= 0.3 is 0 Å². The third-order valence-electron chi connectivity index (χ3n) is 3.58. The van der Waals surface area contributed by atoms with Gasteiger partial charge in [0.05, 0.1) is 6.04 Å². The van der Waals surface area contributed by atoms with Gasteiger partial charge < -0.3 is 4.90 Å². The summed E-state index contributed by atoms with van der Waals surface area (Å²) >= 11 is 1.74.